The minimum Gasteiger partial charge on any atom is -0.465 e. The third kappa shape index (κ3) is 4.49. The first-order valence-corrected chi connectivity index (χ1v) is 10.8. The van der Waals surface area contributed by atoms with Gasteiger partial charge in [0, 0.05) is 13.0 Å². The van der Waals surface area contributed by atoms with Gasteiger partial charge in [0.2, 0.25) is 0 Å². The Morgan fingerprint density at radius 2 is 2.03 bits per heavy atom. The average Bonchev–Trinajstić information content (AvgIpc) is 3.39. The molecule has 0 aliphatic carbocycles. The Morgan fingerprint density at radius 3 is 2.67 bits per heavy atom. The van der Waals surface area contributed by atoms with Crippen molar-refractivity contribution >= 4 is 29.4 Å². The molecular formula is C24H20N2O6S. The first-order valence-electron chi connectivity index (χ1n) is 10.0. The molecule has 1 aliphatic heterocycles. The smallest absolute Gasteiger partial charge is 0.338 e. The van der Waals surface area contributed by atoms with Crippen molar-refractivity contribution in [3.05, 3.63) is 97.6 Å². The van der Waals surface area contributed by atoms with Gasteiger partial charge in [0.1, 0.15) is 18.1 Å². The lowest BCUT2D eigenvalue weighted by Gasteiger charge is -2.24. The van der Waals surface area contributed by atoms with E-state index in [1.807, 2.05) is 0 Å². The van der Waals surface area contributed by atoms with Crippen molar-refractivity contribution < 1.29 is 23.5 Å². The number of esters is 2. The number of hydrogen-bond acceptors (Lipinski definition) is 8. The van der Waals surface area contributed by atoms with Crippen molar-refractivity contribution in [2.24, 2.45) is 4.99 Å². The standard InChI is InChI=1S/C24H20N2O6S/c1-4-11-31-23(29)20-14(2)25-24-26(22(28)19(33-24)13-18-6-5-12-30-18)21(20)16-7-9-17(10-8-16)32-15(3)27/h4-10,12-13,21H,1,11H2,2-3H3. The van der Waals surface area contributed by atoms with Crippen molar-refractivity contribution in [3.8, 4) is 5.75 Å². The lowest BCUT2D eigenvalue weighted by Crippen LogP contribution is -2.39. The van der Waals surface area contributed by atoms with Gasteiger partial charge in [0.25, 0.3) is 5.56 Å². The molecule has 1 aromatic carbocycles. The molecule has 168 valence electrons. The summed E-state index contributed by atoms with van der Waals surface area (Å²) in [6, 6.07) is 9.32. The topological polar surface area (TPSA) is 100 Å². The number of fused-ring (bicyclic) bond motifs is 1. The Morgan fingerprint density at radius 1 is 1.27 bits per heavy atom. The molecule has 1 atom stereocenters. The summed E-state index contributed by atoms with van der Waals surface area (Å²) in [5.74, 6) is -0.152. The van der Waals surface area contributed by atoms with Gasteiger partial charge < -0.3 is 13.9 Å². The summed E-state index contributed by atoms with van der Waals surface area (Å²) in [5, 5.41) is 0. The summed E-state index contributed by atoms with van der Waals surface area (Å²) in [5.41, 5.74) is 1.01. The second kappa shape index (κ2) is 9.25. The number of rotatable bonds is 6. The van der Waals surface area contributed by atoms with Crippen molar-refractivity contribution in [2.45, 2.75) is 19.9 Å². The number of nitrogens with zero attached hydrogens (tertiary/aromatic N) is 2. The number of furan rings is 1. The van der Waals surface area contributed by atoms with E-state index in [1.54, 1.807) is 49.4 Å². The van der Waals surface area contributed by atoms with Crippen molar-refractivity contribution in [1.82, 2.24) is 4.57 Å². The zero-order valence-corrected chi connectivity index (χ0v) is 18.8. The molecule has 0 amide bonds. The van der Waals surface area contributed by atoms with E-state index >= 15 is 0 Å². The van der Waals surface area contributed by atoms with E-state index < -0.39 is 18.0 Å². The van der Waals surface area contributed by atoms with Gasteiger partial charge in [0.05, 0.1) is 28.1 Å². The van der Waals surface area contributed by atoms with Crippen LogP contribution in [0.5, 0.6) is 5.75 Å². The highest BCUT2D eigenvalue weighted by atomic mass is 32.1. The summed E-state index contributed by atoms with van der Waals surface area (Å²) in [6.07, 6.45) is 4.63. The predicted molar refractivity (Wildman–Crippen MR) is 121 cm³/mol. The van der Waals surface area contributed by atoms with Crippen LogP contribution >= 0.6 is 11.3 Å². The number of carbonyl (C=O) groups excluding carboxylic acids is 2. The van der Waals surface area contributed by atoms with Crippen molar-refractivity contribution in [2.75, 3.05) is 6.61 Å². The fraction of sp³-hybridized carbons (Fsp3) is 0.167. The molecule has 3 aromatic rings. The maximum absolute atomic E-state index is 13.4. The van der Waals surface area contributed by atoms with Crippen molar-refractivity contribution in [3.63, 3.8) is 0 Å². The molecule has 9 heteroatoms. The first kappa shape index (κ1) is 22.2. The number of benzene rings is 1. The van der Waals surface area contributed by atoms with Crippen LogP contribution in [-0.2, 0) is 14.3 Å². The number of hydrogen-bond donors (Lipinski definition) is 0. The Labute approximate surface area is 192 Å². The molecule has 0 N–H and O–H groups in total. The number of aromatic nitrogens is 1. The lowest BCUT2D eigenvalue weighted by molar-refractivity contribution is -0.138. The maximum Gasteiger partial charge on any atom is 0.338 e. The molecule has 0 radical (unpaired) electrons. The lowest BCUT2D eigenvalue weighted by atomic mass is 9.96. The number of thiazole rings is 1. The Kier molecular flexibility index (Phi) is 6.23. The van der Waals surface area contributed by atoms with Crippen LogP contribution in [0.4, 0.5) is 0 Å². The minimum absolute atomic E-state index is 0.0244. The maximum atomic E-state index is 13.4. The molecule has 0 saturated heterocycles. The zero-order valence-electron chi connectivity index (χ0n) is 17.9. The predicted octanol–water partition coefficient (Wildman–Crippen LogP) is 2.48. The molecule has 3 heterocycles. The monoisotopic (exact) mass is 464 g/mol. The van der Waals surface area contributed by atoms with E-state index in [0.29, 0.717) is 32.1 Å². The second-order valence-corrected chi connectivity index (χ2v) is 8.16. The minimum atomic E-state index is -0.774. The SMILES string of the molecule is C=CCOC(=O)C1=C(C)N=c2sc(=Cc3ccco3)c(=O)n2C1c1ccc(OC(C)=O)cc1. The van der Waals surface area contributed by atoms with Crippen LogP contribution in [0, 0.1) is 0 Å². The number of carbonyl (C=O) groups is 2. The molecule has 33 heavy (non-hydrogen) atoms. The van der Waals surface area contributed by atoms with Crippen LogP contribution in [-0.4, -0.2) is 23.1 Å². The zero-order chi connectivity index (χ0) is 23.5. The van der Waals surface area contributed by atoms with Gasteiger partial charge in [-0.25, -0.2) is 9.79 Å². The quantitative estimate of drug-likeness (QED) is 0.316. The third-order valence-electron chi connectivity index (χ3n) is 4.85. The van der Waals surface area contributed by atoms with Gasteiger partial charge in [-0.2, -0.15) is 0 Å². The van der Waals surface area contributed by atoms with E-state index in [4.69, 9.17) is 13.9 Å². The Hall–Kier alpha value is -3.98. The van der Waals surface area contributed by atoms with E-state index in [2.05, 4.69) is 11.6 Å². The molecule has 4 rings (SSSR count). The molecule has 0 saturated carbocycles. The van der Waals surface area contributed by atoms with Gasteiger partial charge in [-0.05, 0) is 36.8 Å². The van der Waals surface area contributed by atoms with E-state index in [1.165, 1.54) is 35.2 Å². The Bertz CT molecular complexity index is 1430. The molecule has 0 spiro atoms. The molecule has 0 fully saturated rings. The van der Waals surface area contributed by atoms with E-state index in [-0.39, 0.29) is 17.7 Å². The second-order valence-electron chi connectivity index (χ2n) is 7.15. The molecule has 8 nitrogen and oxygen atoms in total. The molecule has 1 aliphatic rings. The largest absolute Gasteiger partial charge is 0.465 e. The molecule has 0 bridgehead atoms. The fourth-order valence-corrected chi connectivity index (χ4v) is 4.52. The Balaban J connectivity index is 1.89. The number of allylic oxidation sites excluding steroid dienone is 1. The fourth-order valence-electron chi connectivity index (χ4n) is 3.50. The summed E-state index contributed by atoms with van der Waals surface area (Å²) in [6.45, 7) is 6.61. The average molecular weight is 464 g/mol. The normalized spacial score (nSPS) is 15.6. The highest BCUT2D eigenvalue weighted by molar-refractivity contribution is 7.07. The van der Waals surface area contributed by atoms with Crippen molar-refractivity contribution in [1.29, 1.82) is 0 Å². The van der Waals surface area contributed by atoms with E-state index in [9.17, 15) is 14.4 Å². The molecule has 2 aromatic heterocycles. The van der Waals surface area contributed by atoms with Gasteiger partial charge in [-0.15, -0.1) is 0 Å². The van der Waals surface area contributed by atoms with Crippen LogP contribution in [0.3, 0.4) is 0 Å². The summed E-state index contributed by atoms with van der Waals surface area (Å²) >= 11 is 1.20. The highest BCUT2D eigenvalue weighted by Crippen LogP contribution is 2.31. The van der Waals surface area contributed by atoms with Crippen LogP contribution < -0.4 is 19.6 Å². The highest BCUT2D eigenvalue weighted by Gasteiger charge is 2.33. The van der Waals surface area contributed by atoms with E-state index in [0.717, 1.165) is 0 Å². The van der Waals surface area contributed by atoms with Crippen LogP contribution in [0.15, 0.2) is 80.8 Å². The number of ether oxygens (including phenoxy) is 2. The third-order valence-corrected chi connectivity index (χ3v) is 5.83. The van der Waals surface area contributed by atoms with Gasteiger partial charge in [-0.1, -0.05) is 36.1 Å². The van der Waals surface area contributed by atoms with Crippen LogP contribution in [0.2, 0.25) is 0 Å². The van der Waals surface area contributed by atoms with Gasteiger partial charge in [-0.3, -0.25) is 14.2 Å². The van der Waals surface area contributed by atoms with Crippen LogP contribution in [0.1, 0.15) is 31.2 Å². The molecular weight excluding hydrogens is 444 g/mol. The van der Waals surface area contributed by atoms with Gasteiger partial charge in [0.15, 0.2) is 4.80 Å². The summed E-state index contributed by atoms with van der Waals surface area (Å²) < 4.78 is 17.6. The molecule has 1 unspecified atom stereocenters. The first-order chi connectivity index (χ1) is 15.9. The summed E-state index contributed by atoms with van der Waals surface area (Å²) in [4.78, 5) is 42.6. The summed E-state index contributed by atoms with van der Waals surface area (Å²) in [7, 11) is 0. The van der Waals surface area contributed by atoms with Crippen LogP contribution in [0.25, 0.3) is 6.08 Å². The van der Waals surface area contributed by atoms with Gasteiger partial charge >= 0.3 is 11.9 Å².